The molecule has 0 spiro atoms. The van der Waals surface area contributed by atoms with Crippen molar-refractivity contribution in [1.82, 2.24) is 5.16 Å². The van der Waals surface area contributed by atoms with Crippen LogP contribution in [0.5, 0.6) is 11.5 Å². The molecule has 5 heteroatoms. The standard InChI is InChI=1S/C19H27NO3Si/c1-12(2)24(13(3)4,14(5)6)19-10-16(20-23-19)15-7-8-17-18(9-15)22-11-21-17/h7-10,12-14H,11H2,1-6H3. The van der Waals surface area contributed by atoms with Gasteiger partial charge < -0.3 is 14.0 Å². The second kappa shape index (κ2) is 6.28. The van der Waals surface area contributed by atoms with Crippen LogP contribution in [0, 0.1) is 0 Å². The van der Waals surface area contributed by atoms with Crippen LogP contribution in [0.25, 0.3) is 11.3 Å². The highest BCUT2D eigenvalue weighted by molar-refractivity contribution is 6.94. The van der Waals surface area contributed by atoms with Gasteiger partial charge in [0.2, 0.25) is 6.79 Å². The van der Waals surface area contributed by atoms with Crippen LogP contribution in [0.3, 0.4) is 0 Å². The van der Waals surface area contributed by atoms with Gasteiger partial charge in [0.15, 0.2) is 11.5 Å². The van der Waals surface area contributed by atoms with Crippen molar-refractivity contribution in [1.29, 1.82) is 0 Å². The highest BCUT2D eigenvalue weighted by Gasteiger charge is 2.48. The molecule has 0 bridgehead atoms. The smallest absolute Gasteiger partial charge is 0.231 e. The van der Waals surface area contributed by atoms with Crippen molar-refractivity contribution in [2.45, 2.75) is 58.2 Å². The third kappa shape index (κ3) is 2.55. The molecule has 0 fully saturated rings. The van der Waals surface area contributed by atoms with Gasteiger partial charge in [0.1, 0.15) is 19.2 Å². The minimum absolute atomic E-state index is 0.285. The normalized spacial score (nSPS) is 14.2. The maximum absolute atomic E-state index is 5.93. The monoisotopic (exact) mass is 345 g/mol. The van der Waals surface area contributed by atoms with Crippen LogP contribution in [-0.4, -0.2) is 20.0 Å². The molecule has 0 N–H and O–H groups in total. The van der Waals surface area contributed by atoms with Crippen LogP contribution in [0.1, 0.15) is 41.5 Å². The third-order valence-electron chi connectivity index (χ3n) is 5.47. The molecule has 2 aromatic rings. The Morgan fingerprint density at radius 1 is 0.875 bits per heavy atom. The SMILES string of the molecule is CC(C)[Si](c1cc(-c2ccc3c(c2)OCO3)no1)(C(C)C)C(C)C. The van der Waals surface area contributed by atoms with Gasteiger partial charge in [0.25, 0.3) is 0 Å². The van der Waals surface area contributed by atoms with E-state index in [-0.39, 0.29) is 6.79 Å². The number of nitrogens with zero attached hydrogens (tertiary/aromatic N) is 1. The van der Waals surface area contributed by atoms with Gasteiger partial charge in [0, 0.05) is 11.6 Å². The molecule has 130 valence electrons. The predicted octanol–water partition coefficient (Wildman–Crippen LogP) is 4.96. The second-order valence-electron chi connectivity index (χ2n) is 7.54. The number of hydrogen-bond acceptors (Lipinski definition) is 4. The van der Waals surface area contributed by atoms with Crippen molar-refractivity contribution in [2.24, 2.45) is 0 Å². The topological polar surface area (TPSA) is 44.5 Å². The molecule has 0 saturated carbocycles. The average molecular weight is 346 g/mol. The predicted molar refractivity (Wildman–Crippen MR) is 98.7 cm³/mol. The summed E-state index contributed by atoms with van der Waals surface area (Å²) >= 11 is 0. The number of ether oxygens (including phenoxy) is 2. The van der Waals surface area contributed by atoms with Crippen molar-refractivity contribution in [2.75, 3.05) is 6.79 Å². The van der Waals surface area contributed by atoms with Crippen molar-refractivity contribution < 1.29 is 14.0 Å². The van der Waals surface area contributed by atoms with Crippen LogP contribution in [-0.2, 0) is 0 Å². The first-order chi connectivity index (χ1) is 11.4. The van der Waals surface area contributed by atoms with Crippen molar-refractivity contribution in [3.63, 3.8) is 0 Å². The molecular formula is C19H27NO3Si. The Bertz CT molecular complexity index is 699. The molecule has 24 heavy (non-hydrogen) atoms. The van der Waals surface area contributed by atoms with Gasteiger partial charge in [-0.05, 0) is 34.8 Å². The van der Waals surface area contributed by atoms with Crippen molar-refractivity contribution in [3.05, 3.63) is 24.3 Å². The van der Waals surface area contributed by atoms with Gasteiger partial charge in [-0.15, -0.1) is 0 Å². The van der Waals surface area contributed by atoms with E-state index >= 15 is 0 Å². The molecule has 1 aliphatic heterocycles. The highest BCUT2D eigenvalue weighted by atomic mass is 28.3. The van der Waals surface area contributed by atoms with E-state index in [9.17, 15) is 0 Å². The number of fused-ring (bicyclic) bond motifs is 1. The first-order valence-corrected chi connectivity index (χ1v) is 11.0. The molecule has 4 nitrogen and oxygen atoms in total. The van der Waals surface area contributed by atoms with Gasteiger partial charge in [-0.3, -0.25) is 0 Å². The summed E-state index contributed by atoms with van der Waals surface area (Å²) in [5, 5.41) is 5.50. The summed E-state index contributed by atoms with van der Waals surface area (Å²) in [6.45, 7) is 14.3. The number of rotatable bonds is 5. The summed E-state index contributed by atoms with van der Waals surface area (Å²) in [6.07, 6.45) is 0. The fourth-order valence-corrected chi connectivity index (χ4v) is 10.8. The number of hydrogen-bond donors (Lipinski definition) is 0. The van der Waals surface area contributed by atoms with E-state index in [2.05, 4.69) is 52.8 Å². The molecule has 1 aliphatic rings. The fourth-order valence-electron chi connectivity index (χ4n) is 4.52. The largest absolute Gasteiger partial charge is 0.454 e. The molecule has 0 saturated heterocycles. The lowest BCUT2D eigenvalue weighted by Gasteiger charge is -2.40. The maximum Gasteiger partial charge on any atom is 0.231 e. The Kier molecular flexibility index (Phi) is 4.47. The molecule has 0 amide bonds. The van der Waals surface area contributed by atoms with Crippen molar-refractivity contribution in [3.8, 4) is 22.8 Å². The summed E-state index contributed by atoms with van der Waals surface area (Å²) in [4.78, 5) is 0. The molecule has 2 heterocycles. The summed E-state index contributed by atoms with van der Waals surface area (Å²) in [6, 6.07) is 8.08. The lowest BCUT2D eigenvalue weighted by Crippen LogP contribution is -2.55. The summed E-state index contributed by atoms with van der Waals surface area (Å²) in [5.74, 6) is 1.56. The Labute approximate surface area is 145 Å². The van der Waals surface area contributed by atoms with Crippen LogP contribution in [0.4, 0.5) is 0 Å². The number of benzene rings is 1. The lowest BCUT2D eigenvalue weighted by molar-refractivity contribution is 0.174. The molecule has 0 aliphatic carbocycles. The molecular weight excluding hydrogens is 318 g/mol. The molecule has 0 atom stereocenters. The average Bonchev–Trinajstić information content (AvgIpc) is 3.14. The second-order valence-corrected chi connectivity index (χ2v) is 13.4. The van der Waals surface area contributed by atoms with Gasteiger partial charge in [-0.25, -0.2) is 0 Å². The Morgan fingerprint density at radius 2 is 1.50 bits per heavy atom. The molecule has 1 aromatic carbocycles. The van der Waals surface area contributed by atoms with Crippen LogP contribution in [0.2, 0.25) is 16.6 Å². The Hall–Kier alpha value is -1.75. The van der Waals surface area contributed by atoms with Gasteiger partial charge in [-0.2, -0.15) is 0 Å². The highest BCUT2D eigenvalue weighted by Crippen LogP contribution is 2.42. The zero-order valence-corrected chi connectivity index (χ0v) is 16.4. The van der Waals surface area contributed by atoms with Crippen LogP contribution in [0.15, 0.2) is 28.8 Å². The zero-order valence-electron chi connectivity index (χ0n) is 15.4. The van der Waals surface area contributed by atoms with Gasteiger partial charge in [0.05, 0.1) is 0 Å². The van der Waals surface area contributed by atoms with E-state index in [4.69, 9.17) is 14.0 Å². The van der Waals surface area contributed by atoms with Crippen LogP contribution >= 0.6 is 0 Å². The molecule has 0 unspecified atom stereocenters. The molecule has 1 aromatic heterocycles. The fraction of sp³-hybridized carbons (Fsp3) is 0.526. The van der Waals surface area contributed by atoms with Gasteiger partial charge in [-0.1, -0.05) is 46.7 Å². The van der Waals surface area contributed by atoms with E-state index in [1.165, 1.54) is 0 Å². The van der Waals surface area contributed by atoms with E-state index < -0.39 is 8.07 Å². The van der Waals surface area contributed by atoms with E-state index in [0.717, 1.165) is 28.1 Å². The van der Waals surface area contributed by atoms with E-state index in [0.29, 0.717) is 16.6 Å². The maximum atomic E-state index is 5.93. The number of aromatic nitrogens is 1. The van der Waals surface area contributed by atoms with Gasteiger partial charge >= 0.3 is 0 Å². The molecule has 3 rings (SSSR count). The van der Waals surface area contributed by atoms with Crippen molar-refractivity contribution >= 4 is 13.5 Å². The quantitative estimate of drug-likeness (QED) is 0.719. The molecule has 0 radical (unpaired) electrons. The zero-order chi connectivity index (χ0) is 17.5. The minimum atomic E-state index is -1.82. The Balaban J connectivity index is 2.03. The first kappa shape index (κ1) is 17.1. The lowest BCUT2D eigenvalue weighted by atomic mass is 10.1. The first-order valence-electron chi connectivity index (χ1n) is 8.74. The summed E-state index contributed by atoms with van der Waals surface area (Å²) < 4.78 is 16.8. The third-order valence-corrected chi connectivity index (χ3v) is 12.3. The van der Waals surface area contributed by atoms with Crippen LogP contribution < -0.4 is 14.9 Å². The summed E-state index contributed by atoms with van der Waals surface area (Å²) in [7, 11) is -1.82. The Morgan fingerprint density at radius 3 is 2.12 bits per heavy atom. The minimum Gasteiger partial charge on any atom is -0.454 e. The van der Waals surface area contributed by atoms with E-state index in [1.807, 2.05) is 18.2 Å². The summed E-state index contributed by atoms with van der Waals surface area (Å²) in [5.41, 5.74) is 3.66. The van der Waals surface area contributed by atoms with E-state index in [1.54, 1.807) is 0 Å².